The molecule has 0 aliphatic carbocycles. The maximum Gasteiger partial charge on any atom is 0.341 e. The minimum atomic E-state index is -0.502. The molecule has 0 aliphatic rings. The molecule has 0 saturated heterocycles. The molecule has 0 heterocycles. The summed E-state index contributed by atoms with van der Waals surface area (Å²) in [6, 6.07) is 15.2. The van der Waals surface area contributed by atoms with Gasteiger partial charge in [-0.3, -0.25) is 0 Å². The average Bonchev–Trinajstić information content (AvgIpc) is 2.76. The number of esters is 1. The quantitative estimate of drug-likeness (QED) is 0.204. The highest BCUT2D eigenvalue weighted by molar-refractivity contribution is 6.47. The first-order valence-electron chi connectivity index (χ1n) is 9.26. The van der Waals surface area contributed by atoms with E-state index in [1.165, 1.54) is 27.6 Å². The molecule has 0 amide bonds. The molecule has 0 aliphatic heterocycles. The highest BCUT2D eigenvalue weighted by Gasteiger charge is 2.17. The van der Waals surface area contributed by atoms with Gasteiger partial charge in [0.2, 0.25) is 0 Å². The van der Waals surface area contributed by atoms with Crippen LogP contribution >= 0.6 is 0 Å². The Kier molecular flexibility index (Phi) is 8.62. The first-order valence-corrected chi connectivity index (χ1v) is 9.26. The largest absolute Gasteiger partial charge is 0.503 e. The number of rotatable bonds is 9. The number of ether oxygens (including phenoxy) is 2. The van der Waals surface area contributed by atoms with E-state index in [0.29, 0.717) is 22.6 Å². The zero-order valence-electron chi connectivity index (χ0n) is 17.8. The van der Waals surface area contributed by atoms with E-state index < -0.39 is 5.97 Å². The van der Waals surface area contributed by atoms with Crippen LogP contribution in [0.5, 0.6) is 0 Å². The molecular weight excluding hydrogens is 384 g/mol. The summed E-state index contributed by atoms with van der Waals surface area (Å²) in [4.78, 5) is 22.6. The predicted octanol–water partition coefficient (Wildman–Crippen LogP) is 4.10. The van der Waals surface area contributed by atoms with Crippen molar-refractivity contribution >= 4 is 23.0 Å². The number of hydrogen-bond acceptors (Lipinski definition) is 7. The maximum absolute atomic E-state index is 12.1. The van der Waals surface area contributed by atoms with Crippen molar-refractivity contribution in [1.82, 2.24) is 0 Å². The van der Waals surface area contributed by atoms with Crippen LogP contribution in [0.2, 0.25) is 0 Å². The summed E-state index contributed by atoms with van der Waals surface area (Å²) in [5, 5.41) is 8.26. The second-order valence-electron chi connectivity index (χ2n) is 6.35. The third-order valence-corrected chi connectivity index (χ3v) is 4.22. The van der Waals surface area contributed by atoms with Crippen LogP contribution in [0, 0.1) is 6.92 Å². The normalized spacial score (nSPS) is 12.4. The fraction of sp³-hybridized carbons (Fsp3) is 0.261. The van der Waals surface area contributed by atoms with Crippen molar-refractivity contribution in [3.05, 3.63) is 77.0 Å². The second kappa shape index (κ2) is 11.4. The van der Waals surface area contributed by atoms with Crippen molar-refractivity contribution < 1.29 is 23.9 Å². The Morgan fingerprint density at radius 3 is 2.33 bits per heavy atom. The first-order chi connectivity index (χ1) is 14.5. The third-order valence-electron chi connectivity index (χ3n) is 4.22. The molecule has 158 valence electrons. The van der Waals surface area contributed by atoms with Gasteiger partial charge < -0.3 is 19.1 Å². The number of methoxy groups -OCH3 is 2. The van der Waals surface area contributed by atoms with Gasteiger partial charge in [-0.2, -0.15) is 0 Å². The van der Waals surface area contributed by atoms with Gasteiger partial charge in [0.15, 0.2) is 0 Å². The Morgan fingerprint density at radius 1 is 1.00 bits per heavy atom. The van der Waals surface area contributed by atoms with E-state index in [0.717, 1.165) is 16.7 Å². The lowest BCUT2D eigenvalue weighted by molar-refractivity contribution is -0.133. The first kappa shape index (κ1) is 22.7. The minimum absolute atomic E-state index is 0.139. The van der Waals surface area contributed by atoms with Crippen LogP contribution in [0.25, 0.3) is 5.57 Å². The summed E-state index contributed by atoms with van der Waals surface area (Å²) >= 11 is 0. The van der Waals surface area contributed by atoms with E-state index in [9.17, 15) is 4.79 Å². The Morgan fingerprint density at radius 2 is 1.70 bits per heavy atom. The van der Waals surface area contributed by atoms with Crippen LogP contribution in [-0.2, 0) is 30.6 Å². The predicted molar refractivity (Wildman–Crippen MR) is 116 cm³/mol. The third kappa shape index (κ3) is 5.94. The summed E-state index contributed by atoms with van der Waals surface area (Å²) in [7, 11) is 4.27. The molecule has 2 aromatic rings. The molecule has 0 saturated carbocycles. The molecule has 0 aromatic heterocycles. The average molecular weight is 410 g/mol. The van der Waals surface area contributed by atoms with Crippen molar-refractivity contribution in [2.45, 2.75) is 20.5 Å². The van der Waals surface area contributed by atoms with Crippen molar-refractivity contribution in [1.29, 1.82) is 0 Å². The van der Waals surface area contributed by atoms with Gasteiger partial charge in [0.1, 0.15) is 30.7 Å². The van der Waals surface area contributed by atoms with Crippen LogP contribution < -0.4 is 0 Å². The molecule has 2 rings (SSSR count). The summed E-state index contributed by atoms with van der Waals surface area (Å²) in [6.07, 6.45) is 1.35. The molecule has 0 N–H and O–H groups in total. The molecule has 0 fully saturated rings. The van der Waals surface area contributed by atoms with Gasteiger partial charge in [0.25, 0.3) is 0 Å². The van der Waals surface area contributed by atoms with E-state index >= 15 is 0 Å². The van der Waals surface area contributed by atoms with Crippen LogP contribution in [0.1, 0.15) is 29.2 Å². The highest BCUT2D eigenvalue weighted by Crippen LogP contribution is 2.22. The molecule has 2 aromatic carbocycles. The Labute approximate surface area is 176 Å². The highest BCUT2D eigenvalue weighted by atomic mass is 16.6. The molecule has 30 heavy (non-hydrogen) atoms. The summed E-state index contributed by atoms with van der Waals surface area (Å²) in [6.45, 7) is 3.94. The number of carbonyl (C=O) groups excluding carboxylic acids is 1. The number of hydrogen-bond donors (Lipinski definition) is 0. The second-order valence-corrected chi connectivity index (χ2v) is 6.35. The zero-order valence-corrected chi connectivity index (χ0v) is 17.8. The lowest BCUT2D eigenvalue weighted by atomic mass is 10.0. The van der Waals surface area contributed by atoms with Crippen molar-refractivity contribution in [2.75, 3.05) is 21.3 Å². The van der Waals surface area contributed by atoms with Crippen LogP contribution in [0.3, 0.4) is 0 Å². The number of nitrogens with zero attached hydrogens (tertiary/aromatic N) is 2. The van der Waals surface area contributed by atoms with Crippen molar-refractivity contribution in [3.63, 3.8) is 0 Å². The fourth-order valence-electron chi connectivity index (χ4n) is 2.73. The summed E-state index contributed by atoms with van der Waals surface area (Å²) < 4.78 is 9.88. The number of aryl methyl sites for hydroxylation is 1. The molecule has 7 heteroatoms. The molecule has 0 spiro atoms. The Balaban J connectivity index is 2.23. The molecular formula is C23H26N2O5. The molecule has 7 nitrogen and oxygen atoms in total. The van der Waals surface area contributed by atoms with Crippen LogP contribution in [-0.4, -0.2) is 38.7 Å². The van der Waals surface area contributed by atoms with Crippen molar-refractivity contribution in [3.8, 4) is 0 Å². The van der Waals surface area contributed by atoms with E-state index in [2.05, 4.69) is 10.3 Å². The summed E-state index contributed by atoms with van der Waals surface area (Å²) in [5.74, 6) is -0.502. The SMILES string of the molecule is CO/C=C(/C(=O)OC)c1ccccc1CO/N=C(C)/C(=N/OC)c1ccc(C)cc1. The lowest BCUT2D eigenvalue weighted by Crippen LogP contribution is -2.13. The van der Waals surface area contributed by atoms with Crippen LogP contribution in [0.4, 0.5) is 0 Å². The topological polar surface area (TPSA) is 78.7 Å². The molecule has 0 unspecified atom stereocenters. The van der Waals surface area contributed by atoms with Gasteiger partial charge in [0, 0.05) is 11.1 Å². The number of benzene rings is 2. The van der Waals surface area contributed by atoms with Gasteiger partial charge in [-0.05, 0) is 19.4 Å². The number of carbonyl (C=O) groups is 1. The van der Waals surface area contributed by atoms with E-state index in [1.807, 2.05) is 49.4 Å². The van der Waals surface area contributed by atoms with Gasteiger partial charge in [-0.1, -0.05) is 64.4 Å². The Bertz CT molecular complexity index is 946. The maximum atomic E-state index is 12.1. The van der Waals surface area contributed by atoms with Gasteiger partial charge in [0.05, 0.1) is 20.5 Å². The standard InChI is InChI=1S/C23H26N2O5/c1-16-10-12-18(13-11-16)22(25-29-5)17(2)24-30-14-19-8-6-7-9-20(19)21(15-27-3)23(26)28-4/h6-13,15H,14H2,1-5H3/b21-15+,24-17+,25-22-. The number of oxime groups is 2. The van der Waals surface area contributed by atoms with E-state index in [4.69, 9.17) is 19.1 Å². The van der Waals surface area contributed by atoms with Gasteiger partial charge in [-0.25, -0.2) is 4.79 Å². The van der Waals surface area contributed by atoms with E-state index in [-0.39, 0.29) is 6.61 Å². The Hall–Kier alpha value is -3.61. The fourth-order valence-corrected chi connectivity index (χ4v) is 2.73. The van der Waals surface area contributed by atoms with Gasteiger partial charge >= 0.3 is 5.97 Å². The minimum Gasteiger partial charge on any atom is -0.503 e. The monoisotopic (exact) mass is 410 g/mol. The van der Waals surface area contributed by atoms with E-state index in [1.54, 1.807) is 13.0 Å². The molecule has 0 bridgehead atoms. The zero-order chi connectivity index (χ0) is 21.9. The molecule has 0 atom stereocenters. The summed E-state index contributed by atoms with van der Waals surface area (Å²) in [5.41, 5.74) is 4.82. The lowest BCUT2D eigenvalue weighted by Gasteiger charge is -2.11. The van der Waals surface area contributed by atoms with Gasteiger partial charge in [-0.15, -0.1) is 0 Å². The smallest absolute Gasteiger partial charge is 0.341 e. The molecule has 0 radical (unpaired) electrons. The van der Waals surface area contributed by atoms with Crippen molar-refractivity contribution in [2.24, 2.45) is 10.3 Å². The van der Waals surface area contributed by atoms with Crippen LogP contribution in [0.15, 0.2) is 65.1 Å².